The van der Waals surface area contributed by atoms with Gasteiger partial charge in [-0.15, -0.1) is 11.3 Å². The predicted molar refractivity (Wildman–Crippen MR) is 75.5 cm³/mol. The molecule has 0 unspecified atom stereocenters. The second kappa shape index (κ2) is 5.69. The van der Waals surface area contributed by atoms with Gasteiger partial charge in [0.15, 0.2) is 5.13 Å². The van der Waals surface area contributed by atoms with Gasteiger partial charge >= 0.3 is 5.97 Å². The maximum atomic E-state index is 11.2. The first-order chi connectivity index (χ1) is 8.30. The van der Waals surface area contributed by atoms with Gasteiger partial charge in [0.1, 0.15) is 5.41 Å². The molecular weight excluding hydrogens is 248 g/mol. The van der Waals surface area contributed by atoms with E-state index in [9.17, 15) is 9.90 Å². The zero-order valence-electron chi connectivity index (χ0n) is 11.7. The van der Waals surface area contributed by atoms with Gasteiger partial charge in [0.25, 0.3) is 0 Å². The van der Waals surface area contributed by atoms with Gasteiger partial charge in [0, 0.05) is 18.0 Å². The summed E-state index contributed by atoms with van der Waals surface area (Å²) in [5.41, 5.74) is -0.291. The van der Waals surface area contributed by atoms with Crippen molar-refractivity contribution >= 4 is 22.4 Å². The van der Waals surface area contributed by atoms with Crippen LogP contribution in [0.2, 0.25) is 0 Å². The Morgan fingerprint density at radius 1 is 1.56 bits per heavy atom. The molecule has 1 aromatic rings. The Morgan fingerprint density at radius 2 is 2.17 bits per heavy atom. The molecule has 0 aliphatic carbocycles. The molecule has 0 saturated heterocycles. The Bertz CT molecular complexity index is 413. The average molecular weight is 270 g/mol. The van der Waals surface area contributed by atoms with Crippen molar-refractivity contribution in [3.63, 3.8) is 0 Å². The standard InChI is InChI=1S/C13H22N2O2S/c1-6-7-15(9(2)3)12-14-10(8-18-12)13(4,5)11(16)17/h8-9H,6-7H2,1-5H3,(H,16,17). The first kappa shape index (κ1) is 15.0. The maximum absolute atomic E-state index is 11.2. The van der Waals surface area contributed by atoms with Gasteiger partial charge in [-0.1, -0.05) is 6.92 Å². The molecule has 0 amide bonds. The van der Waals surface area contributed by atoms with E-state index < -0.39 is 11.4 Å². The van der Waals surface area contributed by atoms with Gasteiger partial charge in [-0.05, 0) is 34.1 Å². The van der Waals surface area contributed by atoms with E-state index in [1.165, 1.54) is 11.3 Å². The molecular formula is C13H22N2O2S. The van der Waals surface area contributed by atoms with E-state index in [4.69, 9.17) is 0 Å². The van der Waals surface area contributed by atoms with E-state index in [-0.39, 0.29) is 0 Å². The highest BCUT2D eigenvalue weighted by Crippen LogP contribution is 2.30. The summed E-state index contributed by atoms with van der Waals surface area (Å²) in [5.74, 6) is -0.842. The van der Waals surface area contributed by atoms with E-state index in [2.05, 4.69) is 30.7 Å². The monoisotopic (exact) mass is 270 g/mol. The van der Waals surface area contributed by atoms with Crippen LogP contribution in [-0.2, 0) is 10.2 Å². The smallest absolute Gasteiger partial charge is 0.315 e. The van der Waals surface area contributed by atoms with Gasteiger partial charge in [0.05, 0.1) is 5.69 Å². The Morgan fingerprint density at radius 3 is 2.61 bits per heavy atom. The van der Waals surface area contributed by atoms with Crippen molar-refractivity contribution in [3.05, 3.63) is 11.1 Å². The van der Waals surface area contributed by atoms with E-state index in [0.717, 1.165) is 18.1 Å². The van der Waals surface area contributed by atoms with Crippen LogP contribution in [-0.4, -0.2) is 28.6 Å². The van der Waals surface area contributed by atoms with Crippen LogP contribution in [0.1, 0.15) is 46.7 Å². The molecule has 0 bridgehead atoms. The summed E-state index contributed by atoms with van der Waals surface area (Å²) in [4.78, 5) is 17.9. The summed E-state index contributed by atoms with van der Waals surface area (Å²) in [7, 11) is 0. The minimum absolute atomic E-state index is 0.372. The second-order valence-corrected chi connectivity index (χ2v) is 6.07. The Balaban J connectivity index is 3.01. The van der Waals surface area contributed by atoms with E-state index in [1.54, 1.807) is 13.8 Å². The molecule has 1 N–H and O–H groups in total. The number of carboxylic acid groups (broad SMARTS) is 1. The van der Waals surface area contributed by atoms with Crippen molar-refractivity contribution in [3.8, 4) is 0 Å². The van der Waals surface area contributed by atoms with Crippen molar-refractivity contribution in [2.75, 3.05) is 11.4 Å². The Hall–Kier alpha value is -1.10. The number of nitrogens with zero attached hydrogens (tertiary/aromatic N) is 2. The van der Waals surface area contributed by atoms with Crippen molar-refractivity contribution in [2.24, 2.45) is 0 Å². The first-order valence-corrected chi connectivity index (χ1v) is 7.14. The molecule has 1 rings (SSSR count). The van der Waals surface area contributed by atoms with E-state index in [0.29, 0.717) is 11.7 Å². The van der Waals surface area contributed by atoms with Crippen LogP contribution < -0.4 is 4.90 Å². The number of hydrogen-bond donors (Lipinski definition) is 1. The fourth-order valence-corrected chi connectivity index (χ4v) is 2.76. The molecule has 102 valence electrons. The summed E-state index contributed by atoms with van der Waals surface area (Å²) >= 11 is 1.52. The number of aromatic nitrogens is 1. The maximum Gasteiger partial charge on any atom is 0.315 e. The number of anilines is 1. The van der Waals surface area contributed by atoms with Crippen LogP contribution in [0.3, 0.4) is 0 Å². The normalized spacial score (nSPS) is 11.9. The number of carboxylic acids is 1. The van der Waals surface area contributed by atoms with Crippen molar-refractivity contribution in [1.29, 1.82) is 0 Å². The largest absolute Gasteiger partial charge is 0.481 e. The summed E-state index contributed by atoms with van der Waals surface area (Å²) in [6.45, 7) is 10.7. The van der Waals surface area contributed by atoms with Gasteiger partial charge in [-0.2, -0.15) is 0 Å². The topological polar surface area (TPSA) is 53.4 Å². The van der Waals surface area contributed by atoms with Crippen LogP contribution in [0.4, 0.5) is 5.13 Å². The molecule has 1 aromatic heterocycles. The lowest BCUT2D eigenvalue weighted by Gasteiger charge is -2.25. The van der Waals surface area contributed by atoms with Gasteiger partial charge in [-0.25, -0.2) is 4.98 Å². The lowest BCUT2D eigenvalue weighted by Crippen LogP contribution is -2.32. The van der Waals surface area contributed by atoms with Crippen LogP contribution in [0, 0.1) is 0 Å². The fraction of sp³-hybridized carbons (Fsp3) is 0.692. The third-order valence-corrected chi connectivity index (χ3v) is 3.88. The molecule has 0 saturated carbocycles. The molecule has 0 atom stereocenters. The zero-order valence-corrected chi connectivity index (χ0v) is 12.5. The molecule has 18 heavy (non-hydrogen) atoms. The average Bonchev–Trinajstić information content (AvgIpc) is 2.74. The van der Waals surface area contributed by atoms with Gasteiger partial charge in [0.2, 0.25) is 0 Å². The number of carbonyl (C=O) groups is 1. The number of thiazole rings is 1. The molecule has 0 radical (unpaired) electrons. The van der Waals surface area contributed by atoms with E-state index in [1.807, 2.05) is 5.38 Å². The SMILES string of the molecule is CCCN(c1nc(C(C)(C)C(=O)O)cs1)C(C)C. The lowest BCUT2D eigenvalue weighted by molar-refractivity contribution is -0.142. The van der Waals surface area contributed by atoms with Crippen LogP contribution in [0.25, 0.3) is 0 Å². The molecule has 1 heterocycles. The Kier molecular flexibility index (Phi) is 4.73. The molecule has 4 nitrogen and oxygen atoms in total. The summed E-state index contributed by atoms with van der Waals surface area (Å²) in [5, 5.41) is 12.0. The molecule has 0 aliphatic rings. The minimum atomic E-state index is -0.927. The third-order valence-electron chi connectivity index (χ3n) is 3.00. The van der Waals surface area contributed by atoms with Crippen molar-refractivity contribution in [2.45, 2.75) is 52.5 Å². The zero-order chi connectivity index (χ0) is 13.9. The number of rotatable bonds is 6. The highest BCUT2D eigenvalue weighted by Gasteiger charge is 2.32. The molecule has 5 heteroatoms. The minimum Gasteiger partial charge on any atom is -0.481 e. The van der Waals surface area contributed by atoms with Crippen LogP contribution >= 0.6 is 11.3 Å². The van der Waals surface area contributed by atoms with E-state index >= 15 is 0 Å². The predicted octanol–water partition coefficient (Wildman–Crippen LogP) is 3.13. The molecule has 0 spiro atoms. The van der Waals surface area contributed by atoms with Crippen molar-refractivity contribution < 1.29 is 9.90 Å². The number of hydrogen-bond acceptors (Lipinski definition) is 4. The highest BCUT2D eigenvalue weighted by atomic mass is 32.1. The van der Waals surface area contributed by atoms with Crippen molar-refractivity contribution in [1.82, 2.24) is 4.98 Å². The quantitative estimate of drug-likeness (QED) is 0.863. The highest BCUT2D eigenvalue weighted by molar-refractivity contribution is 7.13. The molecule has 0 aromatic carbocycles. The summed E-state index contributed by atoms with van der Waals surface area (Å²) in [6.07, 6.45) is 1.05. The van der Waals surface area contributed by atoms with Gasteiger partial charge < -0.3 is 10.0 Å². The fourth-order valence-electron chi connectivity index (χ4n) is 1.61. The molecule has 0 fully saturated rings. The van der Waals surface area contributed by atoms with Crippen LogP contribution in [0.15, 0.2) is 5.38 Å². The lowest BCUT2D eigenvalue weighted by atomic mass is 9.90. The second-order valence-electron chi connectivity index (χ2n) is 5.23. The van der Waals surface area contributed by atoms with Crippen LogP contribution in [0.5, 0.6) is 0 Å². The summed E-state index contributed by atoms with van der Waals surface area (Å²) in [6, 6.07) is 0.372. The molecule has 0 aliphatic heterocycles. The summed E-state index contributed by atoms with van der Waals surface area (Å²) < 4.78 is 0. The van der Waals surface area contributed by atoms with Gasteiger partial charge in [-0.3, -0.25) is 4.79 Å². The number of aliphatic carboxylic acids is 1. The first-order valence-electron chi connectivity index (χ1n) is 6.26. The Labute approximate surface area is 113 Å². The third kappa shape index (κ3) is 3.02.